The molecule has 1 aromatic rings. The second-order valence-corrected chi connectivity index (χ2v) is 6.13. The van der Waals surface area contributed by atoms with Crippen LogP contribution in [-0.2, 0) is 14.3 Å². The number of amides is 1. The number of carbonyl (C=O) groups excluding carboxylic acids is 1. The molecule has 0 radical (unpaired) electrons. The number of rotatable bonds is 9. The Bertz CT molecular complexity index is 510. The highest BCUT2D eigenvalue weighted by atomic mass is 35.5. The van der Waals surface area contributed by atoms with Crippen molar-refractivity contribution in [1.29, 1.82) is 0 Å². The average molecular weight is 356 g/mol. The van der Waals surface area contributed by atoms with Crippen molar-refractivity contribution in [2.24, 2.45) is 0 Å². The number of nitrogens with zero attached hydrogens (tertiary/aromatic N) is 1. The van der Waals surface area contributed by atoms with Crippen LogP contribution in [0.5, 0.6) is 0 Å². The topological polar surface area (TPSA) is 62.8 Å². The fourth-order valence-corrected chi connectivity index (χ4v) is 2.91. The Labute approximate surface area is 148 Å². The summed E-state index contributed by atoms with van der Waals surface area (Å²) in [5, 5.41) is 6.76. The average Bonchev–Trinajstić information content (AvgIpc) is 2.60. The van der Waals surface area contributed by atoms with E-state index in [2.05, 4.69) is 21.6 Å². The maximum Gasteiger partial charge on any atom is 0.234 e. The van der Waals surface area contributed by atoms with Crippen LogP contribution in [0.1, 0.15) is 11.6 Å². The molecular formula is C17H26ClN3O3. The molecule has 1 aliphatic heterocycles. The number of carbonyl (C=O) groups is 1. The molecule has 0 spiro atoms. The molecule has 24 heavy (non-hydrogen) atoms. The van der Waals surface area contributed by atoms with E-state index in [0.29, 0.717) is 37.9 Å². The zero-order valence-corrected chi connectivity index (χ0v) is 14.8. The molecule has 1 atom stereocenters. The van der Waals surface area contributed by atoms with E-state index in [1.165, 1.54) is 0 Å². The van der Waals surface area contributed by atoms with Crippen molar-refractivity contribution >= 4 is 17.5 Å². The number of hydrogen-bond donors (Lipinski definition) is 2. The minimum atomic E-state index is -0.0219. The van der Waals surface area contributed by atoms with Gasteiger partial charge in [-0.25, -0.2) is 0 Å². The Hall–Kier alpha value is -1.18. The van der Waals surface area contributed by atoms with Gasteiger partial charge in [0.2, 0.25) is 5.91 Å². The lowest BCUT2D eigenvalue weighted by atomic mass is 10.0. The van der Waals surface area contributed by atoms with Crippen LogP contribution in [0.15, 0.2) is 24.3 Å². The third-order valence-electron chi connectivity index (χ3n) is 3.98. The monoisotopic (exact) mass is 355 g/mol. The first-order chi connectivity index (χ1) is 11.7. The Kier molecular flexibility index (Phi) is 8.49. The van der Waals surface area contributed by atoms with Crippen molar-refractivity contribution < 1.29 is 14.3 Å². The van der Waals surface area contributed by atoms with Crippen LogP contribution in [0.3, 0.4) is 0 Å². The largest absolute Gasteiger partial charge is 0.383 e. The van der Waals surface area contributed by atoms with Gasteiger partial charge in [0.25, 0.3) is 0 Å². The van der Waals surface area contributed by atoms with Crippen molar-refractivity contribution in [2.45, 2.75) is 6.04 Å². The zero-order chi connectivity index (χ0) is 17.2. The molecule has 1 saturated heterocycles. The summed E-state index contributed by atoms with van der Waals surface area (Å²) in [6, 6.07) is 7.91. The van der Waals surface area contributed by atoms with Gasteiger partial charge in [0.05, 0.1) is 32.4 Å². The van der Waals surface area contributed by atoms with Gasteiger partial charge in [-0.2, -0.15) is 0 Å². The van der Waals surface area contributed by atoms with E-state index >= 15 is 0 Å². The second kappa shape index (κ2) is 10.6. The summed E-state index contributed by atoms with van der Waals surface area (Å²) in [6.07, 6.45) is 0. The Morgan fingerprint density at radius 2 is 2.21 bits per heavy atom. The molecule has 2 rings (SSSR count). The summed E-state index contributed by atoms with van der Waals surface area (Å²) in [5.74, 6) is -0.0219. The zero-order valence-electron chi connectivity index (χ0n) is 14.1. The minimum Gasteiger partial charge on any atom is -0.383 e. The summed E-state index contributed by atoms with van der Waals surface area (Å²) < 4.78 is 10.4. The lowest BCUT2D eigenvalue weighted by Gasteiger charge is -2.35. The highest BCUT2D eigenvalue weighted by Crippen LogP contribution is 2.23. The lowest BCUT2D eigenvalue weighted by molar-refractivity contribution is -0.120. The van der Waals surface area contributed by atoms with Gasteiger partial charge >= 0.3 is 0 Å². The molecule has 1 unspecified atom stereocenters. The first-order valence-electron chi connectivity index (χ1n) is 8.24. The number of ether oxygens (including phenoxy) is 2. The maximum atomic E-state index is 12.0. The van der Waals surface area contributed by atoms with E-state index in [4.69, 9.17) is 21.1 Å². The van der Waals surface area contributed by atoms with Crippen LogP contribution >= 0.6 is 11.6 Å². The van der Waals surface area contributed by atoms with Gasteiger partial charge < -0.3 is 20.1 Å². The SMILES string of the molecule is COCCNCC(=O)NCC(c1cccc(Cl)c1)N1CCOCC1. The van der Waals surface area contributed by atoms with Crippen LogP contribution in [-0.4, -0.2) is 70.5 Å². The molecule has 0 aromatic heterocycles. The molecule has 7 heteroatoms. The van der Waals surface area contributed by atoms with Gasteiger partial charge in [-0.1, -0.05) is 23.7 Å². The third kappa shape index (κ3) is 6.37. The number of nitrogens with one attached hydrogen (secondary N) is 2. The van der Waals surface area contributed by atoms with Gasteiger partial charge in [0.1, 0.15) is 0 Å². The number of hydrogen-bond acceptors (Lipinski definition) is 5. The third-order valence-corrected chi connectivity index (χ3v) is 4.22. The summed E-state index contributed by atoms with van der Waals surface area (Å²) in [4.78, 5) is 14.3. The van der Waals surface area contributed by atoms with Gasteiger partial charge in [0, 0.05) is 38.3 Å². The highest BCUT2D eigenvalue weighted by molar-refractivity contribution is 6.30. The van der Waals surface area contributed by atoms with Crippen molar-refractivity contribution in [1.82, 2.24) is 15.5 Å². The van der Waals surface area contributed by atoms with Crippen molar-refractivity contribution in [3.63, 3.8) is 0 Å². The van der Waals surface area contributed by atoms with E-state index in [0.717, 1.165) is 18.7 Å². The quantitative estimate of drug-likeness (QED) is 0.649. The first-order valence-corrected chi connectivity index (χ1v) is 8.62. The maximum absolute atomic E-state index is 12.0. The first kappa shape index (κ1) is 19.1. The summed E-state index contributed by atoms with van der Waals surface area (Å²) in [5.41, 5.74) is 1.11. The molecule has 1 amide bonds. The van der Waals surface area contributed by atoms with E-state index in [1.54, 1.807) is 7.11 Å². The van der Waals surface area contributed by atoms with Gasteiger partial charge in [-0.15, -0.1) is 0 Å². The van der Waals surface area contributed by atoms with Gasteiger partial charge in [0.15, 0.2) is 0 Å². The predicted octanol–water partition coefficient (Wildman–Crippen LogP) is 1.07. The van der Waals surface area contributed by atoms with Crippen molar-refractivity contribution in [3.8, 4) is 0 Å². The summed E-state index contributed by atoms with van der Waals surface area (Å²) in [7, 11) is 1.64. The summed E-state index contributed by atoms with van der Waals surface area (Å²) in [6.45, 7) is 5.20. The molecule has 0 aliphatic carbocycles. The van der Waals surface area contributed by atoms with Crippen molar-refractivity contribution in [2.75, 3.05) is 59.7 Å². The van der Waals surface area contributed by atoms with E-state index < -0.39 is 0 Å². The molecule has 0 bridgehead atoms. The van der Waals surface area contributed by atoms with E-state index in [9.17, 15) is 4.79 Å². The predicted molar refractivity (Wildman–Crippen MR) is 94.3 cm³/mol. The second-order valence-electron chi connectivity index (χ2n) is 5.69. The number of halogens is 1. The smallest absolute Gasteiger partial charge is 0.234 e. The molecular weight excluding hydrogens is 330 g/mol. The lowest BCUT2D eigenvalue weighted by Crippen LogP contribution is -2.45. The van der Waals surface area contributed by atoms with Crippen LogP contribution in [0.25, 0.3) is 0 Å². The molecule has 6 nitrogen and oxygen atoms in total. The number of morpholine rings is 1. The van der Waals surface area contributed by atoms with Crippen molar-refractivity contribution in [3.05, 3.63) is 34.9 Å². The molecule has 2 N–H and O–H groups in total. The Morgan fingerprint density at radius 1 is 1.42 bits per heavy atom. The van der Waals surface area contributed by atoms with Crippen LogP contribution in [0.2, 0.25) is 5.02 Å². The normalized spacial score (nSPS) is 16.8. The van der Waals surface area contributed by atoms with Gasteiger partial charge in [-0.05, 0) is 17.7 Å². The molecule has 1 aliphatic rings. The van der Waals surface area contributed by atoms with E-state index in [-0.39, 0.29) is 18.5 Å². The number of benzene rings is 1. The van der Waals surface area contributed by atoms with Crippen LogP contribution in [0, 0.1) is 0 Å². The van der Waals surface area contributed by atoms with Gasteiger partial charge in [-0.3, -0.25) is 9.69 Å². The van der Waals surface area contributed by atoms with Crippen LogP contribution < -0.4 is 10.6 Å². The fraction of sp³-hybridized carbons (Fsp3) is 0.588. The van der Waals surface area contributed by atoms with Crippen LogP contribution in [0.4, 0.5) is 0 Å². The molecule has 1 heterocycles. The fourth-order valence-electron chi connectivity index (χ4n) is 2.71. The molecule has 0 saturated carbocycles. The summed E-state index contributed by atoms with van der Waals surface area (Å²) >= 11 is 6.14. The molecule has 134 valence electrons. The standard InChI is InChI=1S/C17H26ClN3O3/c1-23-8-5-19-13-17(22)20-12-16(21-6-9-24-10-7-21)14-3-2-4-15(18)11-14/h2-4,11,16,19H,5-10,12-13H2,1H3,(H,20,22). The Balaban J connectivity index is 1.92. The number of methoxy groups -OCH3 is 1. The Morgan fingerprint density at radius 3 is 2.92 bits per heavy atom. The molecule has 1 aromatic carbocycles. The highest BCUT2D eigenvalue weighted by Gasteiger charge is 2.23. The van der Waals surface area contributed by atoms with E-state index in [1.807, 2.05) is 18.2 Å². The minimum absolute atomic E-state index is 0.0219. The molecule has 1 fully saturated rings.